The van der Waals surface area contributed by atoms with Crippen molar-refractivity contribution in [1.29, 1.82) is 0 Å². The van der Waals surface area contributed by atoms with Crippen molar-refractivity contribution in [2.75, 3.05) is 7.11 Å². The molecule has 6 heteroatoms. The summed E-state index contributed by atoms with van der Waals surface area (Å²) >= 11 is 5.85. The summed E-state index contributed by atoms with van der Waals surface area (Å²) < 4.78 is 6.95. The van der Waals surface area contributed by atoms with Crippen molar-refractivity contribution in [2.45, 2.75) is 19.7 Å². The van der Waals surface area contributed by atoms with E-state index in [1.54, 1.807) is 11.8 Å². The Kier molecular flexibility index (Phi) is 4.30. The molecule has 0 aliphatic heterocycles. The monoisotopic (exact) mass is 266 g/mol. The van der Waals surface area contributed by atoms with Gasteiger partial charge in [-0.2, -0.15) is 0 Å². The van der Waals surface area contributed by atoms with Crippen LogP contribution < -0.4 is 5.73 Å². The normalized spacial score (nSPS) is 10.8. The van der Waals surface area contributed by atoms with Gasteiger partial charge in [-0.1, -0.05) is 28.9 Å². The highest BCUT2D eigenvalue weighted by Gasteiger charge is 2.11. The molecule has 5 nitrogen and oxygen atoms in total. The quantitative estimate of drug-likeness (QED) is 0.892. The topological polar surface area (TPSA) is 66.0 Å². The second-order valence-electron chi connectivity index (χ2n) is 3.90. The van der Waals surface area contributed by atoms with E-state index in [1.165, 1.54) is 0 Å². The molecule has 1 aromatic heterocycles. The Balaban J connectivity index is 2.22. The average molecular weight is 267 g/mol. The molecule has 96 valence electrons. The van der Waals surface area contributed by atoms with Crippen LogP contribution in [0, 0.1) is 0 Å². The summed E-state index contributed by atoms with van der Waals surface area (Å²) in [5.74, 6) is 0. The number of methoxy groups -OCH3 is 1. The van der Waals surface area contributed by atoms with Crippen LogP contribution in [0.1, 0.15) is 17.0 Å². The maximum Gasteiger partial charge on any atom is 0.102 e. The highest BCUT2D eigenvalue weighted by Crippen LogP contribution is 2.13. The van der Waals surface area contributed by atoms with Gasteiger partial charge in [0, 0.05) is 18.7 Å². The highest BCUT2D eigenvalue weighted by atomic mass is 35.5. The first-order valence-electron chi connectivity index (χ1n) is 5.59. The fourth-order valence-electron chi connectivity index (χ4n) is 1.71. The van der Waals surface area contributed by atoms with Crippen LogP contribution >= 0.6 is 11.6 Å². The minimum atomic E-state index is 0.360. The van der Waals surface area contributed by atoms with Crippen LogP contribution in [0.15, 0.2) is 24.3 Å². The van der Waals surface area contributed by atoms with Crippen LogP contribution in [0.25, 0.3) is 0 Å². The second-order valence-corrected chi connectivity index (χ2v) is 4.34. The van der Waals surface area contributed by atoms with Gasteiger partial charge in [-0.15, -0.1) is 5.10 Å². The molecule has 1 heterocycles. The Morgan fingerprint density at radius 2 is 2.06 bits per heavy atom. The molecule has 0 bridgehead atoms. The van der Waals surface area contributed by atoms with Crippen molar-refractivity contribution in [2.24, 2.45) is 5.73 Å². The molecule has 0 aliphatic carbocycles. The third kappa shape index (κ3) is 2.87. The fourth-order valence-corrected chi connectivity index (χ4v) is 1.84. The van der Waals surface area contributed by atoms with Crippen LogP contribution in [0.4, 0.5) is 0 Å². The first-order chi connectivity index (χ1) is 8.74. The summed E-state index contributed by atoms with van der Waals surface area (Å²) in [6.07, 6.45) is 0. The molecular weight excluding hydrogens is 252 g/mol. The lowest BCUT2D eigenvalue weighted by molar-refractivity contribution is 0.176. The fraction of sp³-hybridized carbons (Fsp3) is 0.333. The van der Waals surface area contributed by atoms with Gasteiger partial charge in [0.2, 0.25) is 0 Å². The zero-order valence-corrected chi connectivity index (χ0v) is 10.9. The lowest BCUT2D eigenvalue weighted by atomic mass is 10.2. The maximum atomic E-state index is 5.85. The number of nitrogens with zero attached hydrogens (tertiary/aromatic N) is 3. The van der Waals surface area contributed by atoms with Crippen LogP contribution in [0.5, 0.6) is 0 Å². The minimum absolute atomic E-state index is 0.360. The summed E-state index contributed by atoms with van der Waals surface area (Å²) in [5, 5.41) is 8.87. The molecule has 0 aliphatic rings. The average Bonchev–Trinajstić information content (AvgIpc) is 2.75. The van der Waals surface area contributed by atoms with Gasteiger partial charge in [-0.25, -0.2) is 4.68 Å². The van der Waals surface area contributed by atoms with Crippen LogP contribution in [0.2, 0.25) is 5.02 Å². The van der Waals surface area contributed by atoms with Crippen molar-refractivity contribution in [3.63, 3.8) is 0 Å². The molecule has 2 N–H and O–H groups in total. The molecular formula is C12H15ClN4O. The van der Waals surface area contributed by atoms with Gasteiger partial charge in [0.25, 0.3) is 0 Å². The maximum absolute atomic E-state index is 5.85. The van der Waals surface area contributed by atoms with Crippen molar-refractivity contribution < 1.29 is 4.74 Å². The smallest absolute Gasteiger partial charge is 0.102 e. The van der Waals surface area contributed by atoms with Gasteiger partial charge in [0.15, 0.2) is 0 Å². The van der Waals surface area contributed by atoms with Crippen LogP contribution in [0.3, 0.4) is 0 Å². The summed E-state index contributed by atoms with van der Waals surface area (Å²) in [4.78, 5) is 0. The van der Waals surface area contributed by atoms with E-state index < -0.39 is 0 Å². The van der Waals surface area contributed by atoms with Gasteiger partial charge < -0.3 is 10.5 Å². The standard InChI is InChI=1S/C12H15ClN4O/c1-18-8-12-11(6-14)15-16-17(12)7-9-2-4-10(13)5-3-9/h2-5H,6-8,14H2,1H3. The molecule has 0 saturated heterocycles. The predicted molar refractivity (Wildman–Crippen MR) is 69.2 cm³/mol. The first-order valence-corrected chi connectivity index (χ1v) is 5.97. The number of nitrogens with two attached hydrogens (primary N) is 1. The number of halogens is 1. The molecule has 1 aromatic carbocycles. The van der Waals surface area contributed by atoms with E-state index in [0.29, 0.717) is 19.7 Å². The Hall–Kier alpha value is -1.43. The molecule has 0 fully saturated rings. The molecule has 18 heavy (non-hydrogen) atoms. The number of aromatic nitrogens is 3. The van der Waals surface area contributed by atoms with Crippen molar-refractivity contribution in [1.82, 2.24) is 15.0 Å². The van der Waals surface area contributed by atoms with E-state index in [0.717, 1.165) is 22.0 Å². The number of hydrogen-bond acceptors (Lipinski definition) is 4. The Labute approximate surface area is 111 Å². The molecule has 2 rings (SSSR count). The largest absolute Gasteiger partial charge is 0.378 e. The van der Waals surface area contributed by atoms with Gasteiger partial charge in [0.1, 0.15) is 5.69 Å². The van der Waals surface area contributed by atoms with Crippen molar-refractivity contribution in [3.05, 3.63) is 46.2 Å². The lowest BCUT2D eigenvalue weighted by Gasteiger charge is -2.07. The second kappa shape index (κ2) is 5.95. The SMILES string of the molecule is COCc1c(CN)nnn1Cc1ccc(Cl)cc1. The number of ether oxygens (including phenoxy) is 1. The van der Waals surface area contributed by atoms with E-state index >= 15 is 0 Å². The zero-order chi connectivity index (χ0) is 13.0. The molecule has 0 saturated carbocycles. The van der Waals surface area contributed by atoms with Gasteiger partial charge in [-0.05, 0) is 17.7 Å². The van der Waals surface area contributed by atoms with E-state index in [1.807, 2.05) is 24.3 Å². The van der Waals surface area contributed by atoms with E-state index in [9.17, 15) is 0 Å². The Bertz CT molecular complexity index is 509. The molecule has 2 aromatic rings. The molecule has 0 spiro atoms. The van der Waals surface area contributed by atoms with Gasteiger partial charge in [0.05, 0.1) is 18.8 Å². The van der Waals surface area contributed by atoms with E-state index in [4.69, 9.17) is 22.1 Å². The van der Waals surface area contributed by atoms with E-state index in [-0.39, 0.29) is 0 Å². The Morgan fingerprint density at radius 1 is 1.33 bits per heavy atom. The predicted octanol–water partition coefficient (Wildman–Crippen LogP) is 1.58. The number of benzene rings is 1. The zero-order valence-electron chi connectivity index (χ0n) is 10.1. The molecule has 0 radical (unpaired) electrons. The molecule has 0 amide bonds. The number of hydrogen-bond donors (Lipinski definition) is 1. The Morgan fingerprint density at radius 3 is 2.67 bits per heavy atom. The lowest BCUT2D eigenvalue weighted by Crippen LogP contribution is -2.09. The van der Waals surface area contributed by atoms with Crippen LogP contribution in [-0.2, 0) is 24.4 Å². The molecule has 0 unspecified atom stereocenters. The number of rotatable bonds is 5. The van der Waals surface area contributed by atoms with Crippen molar-refractivity contribution in [3.8, 4) is 0 Å². The van der Waals surface area contributed by atoms with Crippen LogP contribution in [-0.4, -0.2) is 22.1 Å². The van der Waals surface area contributed by atoms with Crippen molar-refractivity contribution >= 4 is 11.6 Å². The van der Waals surface area contributed by atoms with Gasteiger partial charge in [-0.3, -0.25) is 0 Å². The first kappa shape index (κ1) is 13.0. The highest BCUT2D eigenvalue weighted by molar-refractivity contribution is 6.30. The summed E-state index contributed by atoms with van der Waals surface area (Å²) in [6, 6.07) is 7.63. The third-order valence-electron chi connectivity index (χ3n) is 2.64. The third-order valence-corrected chi connectivity index (χ3v) is 2.89. The summed E-state index contributed by atoms with van der Waals surface area (Å²) in [6.45, 7) is 1.44. The molecule has 0 atom stereocenters. The van der Waals surface area contributed by atoms with E-state index in [2.05, 4.69) is 10.3 Å². The summed E-state index contributed by atoms with van der Waals surface area (Å²) in [7, 11) is 1.64. The van der Waals surface area contributed by atoms with Gasteiger partial charge >= 0.3 is 0 Å². The minimum Gasteiger partial charge on any atom is -0.378 e. The summed E-state index contributed by atoms with van der Waals surface area (Å²) in [5.41, 5.74) is 8.40.